The van der Waals surface area contributed by atoms with Gasteiger partial charge in [0, 0.05) is 17.7 Å². The SMILES string of the molecule is CC(C)Cc1ccc(C2=NC(c3ccc4c(c3)CC(=O)N4)=CC2)cc1C#N. The molecule has 0 unspecified atom stereocenters. The normalized spacial score (nSPS) is 15.3. The monoisotopic (exact) mass is 355 g/mol. The lowest BCUT2D eigenvalue weighted by Crippen LogP contribution is -2.03. The minimum absolute atomic E-state index is 0.0391. The minimum atomic E-state index is 0.0391. The molecule has 4 heteroatoms. The van der Waals surface area contributed by atoms with Crippen molar-refractivity contribution in [2.24, 2.45) is 10.9 Å². The average molecular weight is 355 g/mol. The van der Waals surface area contributed by atoms with E-state index in [1.807, 2.05) is 24.3 Å². The van der Waals surface area contributed by atoms with Crippen molar-refractivity contribution < 1.29 is 4.79 Å². The number of carbonyl (C=O) groups excluding carboxylic acids is 1. The molecule has 134 valence electrons. The highest BCUT2D eigenvalue weighted by Gasteiger charge is 2.20. The van der Waals surface area contributed by atoms with E-state index in [4.69, 9.17) is 4.99 Å². The van der Waals surface area contributed by atoms with Crippen LogP contribution in [0.1, 0.15) is 48.1 Å². The zero-order chi connectivity index (χ0) is 19.0. The second kappa shape index (κ2) is 6.85. The zero-order valence-corrected chi connectivity index (χ0v) is 15.5. The van der Waals surface area contributed by atoms with Crippen LogP contribution in [0.2, 0.25) is 0 Å². The second-order valence-corrected chi connectivity index (χ2v) is 7.53. The molecule has 1 N–H and O–H groups in total. The number of anilines is 1. The average Bonchev–Trinajstić information content (AvgIpc) is 3.26. The third-order valence-electron chi connectivity index (χ3n) is 4.96. The summed E-state index contributed by atoms with van der Waals surface area (Å²) in [6.07, 6.45) is 4.18. The molecule has 0 radical (unpaired) electrons. The number of fused-ring (bicyclic) bond motifs is 1. The molecule has 0 saturated heterocycles. The molecule has 0 bridgehead atoms. The van der Waals surface area contributed by atoms with Crippen molar-refractivity contribution in [3.8, 4) is 6.07 Å². The van der Waals surface area contributed by atoms with Crippen LogP contribution in [0, 0.1) is 17.2 Å². The molecule has 2 heterocycles. The first-order valence-electron chi connectivity index (χ1n) is 9.28. The van der Waals surface area contributed by atoms with Gasteiger partial charge in [-0.25, -0.2) is 0 Å². The summed E-state index contributed by atoms with van der Waals surface area (Å²) in [6.45, 7) is 4.32. The number of nitriles is 1. The first kappa shape index (κ1) is 17.2. The van der Waals surface area contributed by atoms with Crippen molar-refractivity contribution in [1.82, 2.24) is 0 Å². The number of carbonyl (C=O) groups is 1. The predicted molar refractivity (Wildman–Crippen MR) is 108 cm³/mol. The van der Waals surface area contributed by atoms with E-state index in [2.05, 4.69) is 43.4 Å². The molecule has 0 aromatic heterocycles. The molecule has 4 rings (SSSR count). The van der Waals surface area contributed by atoms with Crippen LogP contribution in [0.25, 0.3) is 5.70 Å². The van der Waals surface area contributed by atoms with E-state index in [1.165, 1.54) is 0 Å². The first-order valence-corrected chi connectivity index (χ1v) is 9.28. The molecule has 0 atom stereocenters. The molecular weight excluding hydrogens is 334 g/mol. The second-order valence-electron chi connectivity index (χ2n) is 7.53. The summed E-state index contributed by atoms with van der Waals surface area (Å²) >= 11 is 0. The fourth-order valence-electron chi connectivity index (χ4n) is 3.66. The van der Waals surface area contributed by atoms with Gasteiger partial charge in [0.25, 0.3) is 0 Å². The van der Waals surface area contributed by atoms with E-state index in [-0.39, 0.29) is 5.91 Å². The Balaban J connectivity index is 1.60. The number of benzene rings is 2. The van der Waals surface area contributed by atoms with Crippen LogP contribution in [0.3, 0.4) is 0 Å². The first-order chi connectivity index (χ1) is 13.0. The van der Waals surface area contributed by atoms with Crippen LogP contribution < -0.4 is 5.32 Å². The van der Waals surface area contributed by atoms with Crippen LogP contribution in [0.15, 0.2) is 47.5 Å². The maximum atomic E-state index is 11.5. The van der Waals surface area contributed by atoms with Gasteiger partial charge in [-0.15, -0.1) is 0 Å². The lowest BCUT2D eigenvalue weighted by atomic mass is 9.95. The number of nitrogens with zero attached hydrogens (tertiary/aromatic N) is 2. The van der Waals surface area contributed by atoms with Crippen molar-refractivity contribution in [2.45, 2.75) is 33.1 Å². The van der Waals surface area contributed by atoms with Crippen molar-refractivity contribution >= 4 is 23.0 Å². The topological polar surface area (TPSA) is 65.2 Å². The van der Waals surface area contributed by atoms with E-state index < -0.39 is 0 Å². The van der Waals surface area contributed by atoms with E-state index >= 15 is 0 Å². The number of rotatable bonds is 4. The maximum Gasteiger partial charge on any atom is 0.228 e. The van der Waals surface area contributed by atoms with Gasteiger partial charge >= 0.3 is 0 Å². The fraction of sp³-hybridized carbons (Fsp3) is 0.261. The molecule has 2 aliphatic rings. The molecular formula is C23H21N3O. The largest absolute Gasteiger partial charge is 0.326 e. The highest BCUT2D eigenvalue weighted by atomic mass is 16.1. The Kier molecular flexibility index (Phi) is 4.37. The fourth-order valence-corrected chi connectivity index (χ4v) is 3.66. The van der Waals surface area contributed by atoms with Crippen molar-refractivity contribution in [1.29, 1.82) is 5.26 Å². The van der Waals surface area contributed by atoms with Gasteiger partial charge in [-0.1, -0.05) is 38.1 Å². The van der Waals surface area contributed by atoms with Crippen LogP contribution in [-0.2, 0) is 17.6 Å². The third kappa shape index (κ3) is 3.41. The lowest BCUT2D eigenvalue weighted by molar-refractivity contribution is -0.115. The highest BCUT2D eigenvalue weighted by Crippen LogP contribution is 2.30. The molecule has 0 aliphatic carbocycles. The van der Waals surface area contributed by atoms with E-state index in [0.29, 0.717) is 12.3 Å². The van der Waals surface area contributed by atoms with Gasteiger partial charge in [0.2, 0.25) is 5.91 Å². The van der Waals surface area contributed by atoms with Gasteiger partial charge in [0.05, 0.1) is 29.5 Å². The van der Waals surface area contributed by atoms with E-state index in [1.54, 1.807) is 0 Å². The minimum Gasteiger partial charge on any atom is -0.326 e. The van der Waals surface area contributed by atoms with Crippen LogP contribution in [0.4, 0.5) is 5.69 Å². The summed E-state index contributed by atoms with van der Waals surface area (Å²) < 4.78 is 0. The number of aliphatic imine (C=N–C) groups is 1. The number of hydrogen-bond acceptors (Lipinski definition) is 3. The number of allylic oxidation sites excluding steroid dienone is 1. The number of hydrogen-bond donors (Lipinski definition) is 1. The summed E-state index contributed by atoms with van der Waals surface area (Å²) in [4.78, 5) is 16.3. The van der Waals surface area contributed by atoms with Crippen molar-refractivity contribution in [3.05, 3.63) is 70.3 Å². The molecule has 0 fully saturated rings. The Bertz CT molecular complexity index is 1040. The smallest absolute Gasteiger partial charge is 0.228 e. The standard InChI is InChI=1S/C23H21N3O/c1-14(2)9-15-3-4-16(11-19(15)13-24)20-7-8-21(25-20)17-5-6-22-18(10-17)12-23(27)26-22/h3-6,8,10-11,14H,7,9,12H2,1-2H3,(H,26,27). The summed E-state index contributed by atoms with van der Waals surface area (Å²) in [5.74, 6) is 0.554. The Hall–Kier alpha value is -3.19. The van der Waals surface area contributed by atoms with E-state index in [9.17, 15) is 10.1 Å². The van der Waals surface area contributed by atoms with Crippen molar-refractivity contribution in [2.75, 3.05) is 5.32 Å². The van der Waals surface area contributed by atoms with Gasteiger partial charge in [-0.3, -0.25) is 9.79 Å². The molecule has 2 aromatic carbocycles. The zero-order valence-electron chi connectivity index (χ0n) is 15.5. The summed E-state index contributed by atoms with van der Waals surface area (Å²) in [7, 11) is 0. The van der Waals surface area contributed by atoms with Crippen LogP contribution in [0.5, 0.6) is 0 Å². The van der Waals surface area contributed by atoms with Gasteiger partial charge in [-0.05, 0) is 47.2 Å². The van der Waals surface area contributed by atoms with Gasteiger partial charge < -0.3 is 5.32 Å². The molecule has 1 amide bonds. The molecule has 27 heavy (non-hydrogen) atoms. The quantitative estimate of drug-likeness (QED) is 0.878. The Morgan fingerprint density at radius 3 is 2.78 bits per heavy atom. The molecule has 2 aromatic rings. The predicted octanol–water partition coefficient (Wildman–Crippen LogP) is 4.49. The van der Waals surface area contributed by atoms with Crippen molar-refractivity contribution in [3.63, 3.8) is 0 Å². The number of nitrogens with one attached hydrogen (secondary N) is 1. The van der Waals surface area contributed by atoms with Gasteiger partial charge in [-0.2, -0.15) is 5.26 Å². The summed E-state index contributed by atoms with van der Waals surface area (Å²) in [6, 6.07) is 14.4. The highest BCUT2D eigenvalue weighted by molar-refractivity contribution is 6.08. The van der Waals surface area contributed by atoms with Crippen LogP contribution >= 0.6 is 0 Å². The molecule has 0 spiro atoms. The summed E-state index contributed by atoms with van der Waals surface area (Å²) in [5.41, 5.74) is 7.68. The maximum absolute atomic E-state index is 11.5. The molecule has 2 aliphatic heterocycles. The summed E-state index contributed by atoms with van der Waals surface area (Å²) in [5, 5.41) is 12.4. The Morgan fingerprint density at radius 1 is 1.19 bits per heavy atom. The third-order valence-corrected chi connectivity index (χ3v) is 4.96. The molecule has 4 nitrogen and oxygen atoms in total. The van der Waals surface area contributed by atoms with E-state index in [0.717, 1.165) is 57.8 Å². The lowest BCUT2D eigenvalue weighted by Gasteiger charge is -2.09. The van der Waals surface area contributed by atoms with Gasteiger partial charge in [0.15, 0.2) is 0 Å². The number of amides is 1. The Morgan fingerprint density at radius 2 is 2.00 bits per heavy atom. The molecule has 0 saturated carbocycles. The van der Waals surface area contributed by atoms with Gasteiger partial charge in [0.1, 0.15) is 0 Å². The Labute approximate surface area is 159 Å². The van der Waals surface area contributed by atoms with Crippen LogP contribution in [-0.4, -0.2) is 11.6 Å².